The maximum atomic E-state index is 12.2. The number of hydrogen-bond donors (Lipinski definition) is 2. The van der Waals surface area contributed by atoms with Crippen LogP contribution in [0.5, 0.6) is 0 Å². The van der Waals surface area contributed by atoms with E-state index in [0.717, 1.165) is 30.0 Å². The van der Waals surface area contributed by atoms with Gasteiger partial charge in [0.2, 0.25) is 0 Å². The normalized spacial score (nSPS) is 10.2. The molecule has 21 heavy (non-hydrogen) atoms. The highest BCUT2D eigenvalue weighted by molar-refractivity contribution is 6.03. The zero-order valence-electron chi connectivity index (χ0n) is 12.6. The van der Waals surface area contributed by atoms with E-state index in [-0.39, 0.29) is 5.91 Å². The van der Waals surface area contributed by atoms with Crippen LogP contribution < -0.4 is 10.6 Å². The lowest BCUT2D eigenvalue weighted by Gasteiger charge is -2.07. The van der Waals surface area contributed by atoms with E-state index in [1.807, 2.05) is 26.0 Å². The third-order valence-corrected chi connectivity index (χ3v) is 2.92. The second kappa shape index (κ2) is 6.83. The van der Waals surface area contributed by atoms with E-state index < -0.39 is 0 Å². The number of hydrogen-bond acceptors (Lipinski definition) is 4. The minimum absolute atomic E-state index is 0.206. The van der Waals surface area contributed by atoms with E-state index in [9.17, 15) is 4.79 Å². The molecule has 2 rings (SSSR count). The number of nitrogens with one attached hydrogen (secondary N) is 2. The van der Waals surface area contributed by atoms with Crippen LogP contribution in [0, 0.1) is 13.8 Å². The highest BCUT2D eigenvalue weighted by Crippen LogP contribution is 2.11. The standard InChI is InChI=1S/C16H20N4O/c1-4-7-17-14-6-5-13(10-18-14)16(21)20-15-9-11(2)8-12(3)19-15/h5-6,8-10H,4,7H2,1-3H3,(H,17,18)(H,19,20,21). The highest BCUT2D eigenvalue weighted by atomic mass is 16.1. The van der Waals surface area contributed by atoms with Crippen molar-refractivity contribution >= 4 is 17.5 Å². The van der Waals surface area contributed by atoms with Gasteiger partial charge in [0.25, 0.3) is 5.91 Å². The van der Waals surface area contributed by atoms with Crippen molar-refractivity contribution in [3.8, 4) is 0 Å². The fourth-order valence-electron chi connectivity index (χ4n) is 1.98. The van der Waals surface area contributed by atoms with Gasteiger partial charge in [0.05, 0.1) is 5.56 Å². The van der Waals surface area contributed by atoms with Gasteiger partial charge in [-0.05, 0) is 50.1 Å². The van der Waals surface area contributed by atoms with Crippen LogP contribution in [-0.4, -0.2) is 22.4 Å². The lowest BCUT2D eigenvalue weighted by molar-refractivity contribution is 0.102. The summed E-state index contributed by atoms with van der Waals surface area (Å²) < 4.78 is 0. The predicted octanol–water partition coefficient (Wildman–Crippen LogP) is 3.17. The molecule has 110 valence electrons. The molecule has 2 N–H and O–H groups in total. The van der Waals surface area contributed by atoms with Gasteiger partial charge in [-0.2, -0.15) is 0 Å². The summed E-state index contributed by atoms with van der Waals surface area (Å²) in [6, 6.07) is 7.36. The lowest BCUT2D eigenvalue weighted by atomic mass is 10.2. The molecule has 0 spiro atoms. The quantitative estimate of drug-likeness (QED) is 0.885. The molecule has 0 radical (unpaired) electrons. The van der Waals surface area contributed by atoms with Gasteiger partial charge < -0.3 is 10.6 Å². The first kappa shape index (κ1) is 15.0. The van der Waals surface area contributed by atoms with Crippen molar-refractivity contribution in [1.29, 1.82) is 0 Å². The topological polar surface area (TPSA) is 66.9 Å². The molecule has 0 aliphatic rings. The van der Waals surface area contributed by atoms with E-state index in [4.69, 9.17) is 0 Å². The molecule has 2 aromatic heterocycles. The first-order valence-corrected chi connectivity index (χ1v) is 7.05. The van der Waals surface area contributed by atoms with Crippen LogP contribution in [0.3, 0.4) is 0 Å². The predicted molar refractivity (Wildman–Crippen MR) is 84.7 cm³/mol. The molecule has 0 saturated carbocycles. The van der Waals surface area contributed by atoms with E-state index in [0.29, 0.717) is 11.4 Å². The largest absolute Gasteiger partial charge is 0.370 e. The van der Waals surface area contributed by atoms with E-state index in [1.165, 1.54) is 0 Å². The van der Waals surface area contributed by atoms with Gasteiger partial charge in [0, 0.05) is 18.4 Å². The zero-order valence-corrected chi connectivity index (χ0v) is 12.6. The van der Waals surface area contributed by atoms with Crippen LogP contribution >= 0.6 is 0 Å². The lowest BCUT2D eigenvalue weighted by Crippen LogP contribution is -2.14. The smallest absolute Gasteiger partial charge is 0.258 e. The summed E-state index contributed by atoms with van der Waals surface area (Å²) in [5, 5.41) is 5.96. The van der Waals surface area contributed by atoms with Crippen molar-refractivity contribution in [2.45, 2.75) is 27.2 Å². The summed E-state index contributed by atoms with van der Waals surface area (Å²) in [5.41, 5.74) is 2.45. The van der Waals surface area contributed by atoms with E-state index in [1.54, 1.807) is 18.3 Å². The molecule has 0 saturated heterocycles. The Kier molecular flexibility index (Phi) is 4.87. The summed E-state index contributed by atoms with van der Waals surface area (Å²) >= 11 is 0. The number of nitrogens with zero attached hydrogens (tertiary/aromatic N) is 2. The Morgan fingerprint density at radius 3 is 2.62 bits per heavy atom. The average molecular weight is 284 g/mol. The van der Waals surface area contributed by atoms with Gasteiger partial charge in [-0.1, -0.05) is 6.92 Å². The Bertz CT molecular complexity index is 602. The van der Waals surface area contributed by atoms with Gasteiger partial charge in [-0.15, -0.1) is 0 Å². The number of rotatable bonds is 5. The molecule has 0 aromatic carbocycles. The molecule has 0 aliphatic heterocycles. The van der Waals surface area contributed by atoms with Crippen LogP contribution in [-0.2, 0) is 0 Å². The van der Waals surface area contributed by atoms with Crippen LogP contribution in [0.2, 0.25) is 0 Å². The molecule has 0 atom stereocenters. The zero-order chi connectivity index (χ0) is 15.2. The molecule has 5 nitrogen and oxygen atoms in total. The minimum Gasteiger partial charge on any atom is -0.370 e. The summed E-state index contributed by atoms with van der Waals surface area (Å²) in [6.45, 7) is 6.83. The van der Waals surface area contributed by atoms with Crippen LogP contribution in [0.4, 0.5) is 11.6 Å². The molecule has 0 unspecified atom stereocenters. The number of anilines is 2. The van der Waals surface area contributed by atoms with Crippen molar-refractivity contribution in [2.24, 2.45) is 0 Å². The molecule has 2 heterocycles. The van der Waals surface area contributed by atoms with Gasteiger partial charge in [0.1, 0.15) is 11.6 Å². The number of pyridine rings is 2. The molecule has 2 aromatic rings. The third kappa shape index (κ3) is 4.27. The highest BCUT2D eigenvalue weighted by Gasteiger charge is 2.08. The number of amides is 1. The van der Waals surface area contributed by atoms with Crippen molar-refractivity contribution in [2.75, 3.05) is 17.2 Å². The molecule has 1 amide bonds. The van der Waals surface area contributed by atoms with Gasteiger partial charge in [-0.25, -0.2) is 9.97 Å². The molecular formula is C16H20N4O. The number of carbonyl (C=O) groups is 1. The molecular weight excluding hydrogens is 264 g/mol. The first-order valence-electron chi connectivity index (χ1n) is 7.05. The number of carbonyl (C=O) groups excluding carboxylic acids is 1. The van der Waals surface area contributed by atoms with Crippen molar-refractivity contribution in [3.63, 3.8) is 0 Å². The van der Waals surface area contributed by atoms with Crippen LogP contribution in [0.1, 0.15) is 35.0 Å². The Morgan fingerprint density at radius 2 is 2.00 bits per heavy atom. The summed E-state index contributed by atoms with van der Waals surface area (Å²) in [6.07, 6.45) is 2.60. The van der Waals surface area contributed by atoms with Gasteiger partial charge >= 0.3 is 0 Å². The second-order valence-electron chi connectivity index (χ2n) is 4.98. The van der Waals surface area contributed by atoms with Crippen molar-refractivity contribution in [1.82, 2.24) is 9.97 Å². The fraction of sp³-hybridized carbons (Fsp3) is 0.312. The maximum absolute atomic E-state index is 12.2. The summed E-state index contributed by atoms with van der Waals surface area (Å²) in [4.78, 5) is 20.7. The minimum atomic E-state index is -0.206. The van der Waals surface area contributed by atoms with Gasteiger partial charge in [-0.3, -0.25) is 4.79 Å². The van der Waals surface area contributed by atoms with Gasteiger partial charge in [0.15, 0.2) is 0 Å². The first-order chi connectivity index (χ1) is 10.1. The maximum Gasteiger partial charge on any atom is 0.258 e. The average Bonchev–Trinajstić information content (AvgIpc) is 2.44. The Hall–Kier alpha value is -2.43. The molecule has 0 fully saturated rings. The Balaban J connectivity index is 2.06. The summed E-state index contributed by atoms with van der Waals surface area (Å²) in [5.74, 6) is 1.13. The monoisotopic (exact) mass is 284 g/mol. The Labute approximate surface area is 124 Å². The SMILES string of the molecule is CCCNc1ccc(C(=O)Nc2cc(C)cc(C)n2)cn1. The van der Waals surface area contributed by atoms with E-state index >= 15 is 0 Å². The van der Waals surface area contributed by atoms with Crippen molar-refractivity contribution < 1.29 is 4.79 Å². The fourth-order valence-corrected chi connectivity index (χ4v) is 1.98. The molecule has 5 heteroatoms. The van der Waals surface area contributed by atoms with Crippen LogP contribution in [0.25, 0.3) is 0 Å². The number of aromatic nitrogens is 2. The Morgan fingerprint density at radius 1 is 1.19 bits per heavy atom. The second-order valence-corrected chi connectivity index (χ2v) is 4.98. The molecule has 0 aliphatic carbocycles. The summed E-state index contributed by atoms with van der Waals surface area (Å²) in [7, 11) is 0. The van der Waals surface area contributed by atoms with E-state index in [2.05, 4.69) is 27.5 Å². The third-order valence-electron chi connectivity index (χ3n) is 2.92. The van der Waals surface area contributed by atoms with Crippen LogP contribution in [0.15, 0.2) is 30.5 Å². The van der Waals surface area contributed by atoms with Crippen molar-refractivity contribution in [3.05, 3.63) is 47.3 Å². The number of aryl methyl sites for hydroxylation is 2. The molecule has 0 bridgehead atoms.